The minimum Gasteiger partial charge on any atom is -0.466 e. The maximum absolute atomic E-state index is 14.8. The maximum Gasteiger partial charge on any atom is 0.416 e. The van der Waals surface area contributed by atoms with Crippen molar-refractivity contribution in [3.63, 3.8) is 0 Å². The number of methoxy groups -OCH3 is 2. The fourth-order valence-corrected chi connectivity index (χ4v) is 4.90. The van der Waals surface area contributed by atoms with Crippen molar-refractivity contribution in [2.24, 2.45) is 5.73 Å². The molecular formula is C29H19BrF5N3O5. The largest absolute Gasteiger partial charge is 0.466 e. The molecule has 0 spiro atoms. The van der Waals surface area contributed by atoms with Gasteiger partial charge in [-0.3, -0.25) is 4.90 Å². The summed E-state index contributed by atoms with van der Waals surface area (Å²) in [6, 6.07) is 14.2. The van der Waals surface area contributed by atoms with E-state index in [-0.39, 0.29) is 39.3 Å². The molecule has 0 saturated carbocycles. The third-order valence-corrected chi connectivity index (χ3v) is 6.95. The number of hydrogen-bond acceptors (Lipinski definition) is 8. The zero-order valence-electron chi connectivity index (χ0n) is 22.1. The van der Waals surface area contributed by atoms with Crippen molar-refractivity contribution < 1.29 is 45.8 Å². The van der Waals surface area contributed by atoms with Gasteiger partial charge in [0.05, 0.1) is 53.1 Å². The van der Waals surface area contributed by atoms with E-state index in [4.69, 9.17) is 19.9 Å². The third kappa shape index (κ3) is 5.76. The van der Waals surface area contributed by atoms with Crippen LogP contribution in [0.3, 0.4) is 0 Å². The number of para-hydroxylation sites is 1. The second kappa shape index (κ2) is 12.1. The smallest absolute Gasteiger partial charge is 0.416 e. The lowest BCUT2D eigenvalue weighted by atomic mass is 9.81. The van der Waals surface area contributed by atoms with E-state index in [9.17, 15) is 36.8 Å². The van der Waals surface area contributed by atoms with E-state index in [1.807, 2.05) is 6.07 Å². The number of rotatable bonds is 6. The van der Waals surface area contributed by atoms with Gasteiger partial charge in [0.25, 0.3) is 0 Å². The van der Waals surface area contributed by atoms with Crippen LogP contribution in [-0.4, -0.2) is 26.2 Å². The highest BCUT2D eigenvalue weighted by molar-refractivity contribution is 9.10. The lowest BCUT2D eigenvalue weighted by Gasteiger charge is -2.36. The second-order valence-corrected chi connectivity index (χ2v) is 9.65. The summed E-state index contributed by atoms with van der Waals surface area (Å²) in [4.78, 5) is 27.5. The number of alkyl halides is 3. The number of nitrogens with zero attached hydrogens (tertiary/aromatic N) is 2. The van der Waals surface area contributed by atoms with Gasteiger partial charge in [-0.2, -0.15) is 18.4 Å². The number of halogens is 6. The fraction of sp³-hybridized carbons (Fsp3) is 0.138. The molecule has 0 amide bonds. The molecule has 43 heavy (non-hydrogen) atoms. The molecule has 1 aliphatic heterocycles. The number of anilines is 1. The molecule has 222 valence electrons. The van der Waals surface area contributed by atoms with Crippen LogP contribution < -0.4 is 15.4 Å². The molecule has 1 heterocycles. The number of allylic oxidation sites excluding steroid dienone is 1. The second-order valence-electron chi connectivity index (χ2n) is 8.79. The molecule has 1 aliphatic rings. The number of nitrogens with two attached hydrogens (primary N) is 1. The first-order valence-corrected chi connectivity index (χ1v) is 12.8. The zero-order chi connectivity index (χ0) is 31.6. The Morgan fingerprint density at radius 2 is 1.56 bits per heavy atom. The number of carbonyl (C=O) groups is 2. The van der Waals surface area contributed by atoms with Gasteiger partial charge in [-0.05, 0) is 45.8 Å². The van der Waals surface area contributed by atoms with Crippen molar-refractivity contribution >= 4 is 33.6 Å². The summed E-state index contributed by atoms with van der Waals surface area (Å²) < 4.78 is 84.4. The number of hydrogen-bond donors (Lipinski definition) is 1. The molecule has 14 heteroatoms. The molecule has 4 rings (SSSR count). The monoisotopic (exact) mass is 663 g/mol. The van der Waals surface area contributed by atoms with Crippen molar-refractivity contribution in [2.45, 2.75) is 12.1 Å². The van der Waals surface area contributed by atoms with Gasteiger partial charge in [-0.15, -0.1) is 0 Å². The van der Waals surface area contributed by atoms with Crippen LogP contribution in [0.5, 0.6) is 11.5 Å². The van der Waals surface area contributed by atoms with Crippen molar-refractivity contribution in [3.05, 3.63) is 111 Å². The Morgan fingerprint density at radius 3 is 2.09 bits per heavy atom. The standard InChI is InChI=1S/C29H19BrF5N3O5/c1-41-27(39)22-21(14-7-4-3-5-8-14)16(13-36)26(37)38(23(22)28(40)42-2)20-10-6-9-17(30)24(20)43-25-18(31)11-15(12-19(25)32)29(33,34)35/h3-12,21H,37H2,1-2H3. The van der Waals surface area contributed by atoms with Crippen LogP contribution in [0.2, 0.25) is 0 Å². The van der Waals surface area contributed by atoms with Crippen molar-refractivity contribution in [3.8, 4) is 17.6 Å². The molecule has 0 radical (unpaired) electrons. The minimum absolute atomic E-state index is 0.00372. The highest BCUT2D eigenvalue weighted by atomic mass is 79.9. The Morgan fingerprint density at radius 1 is 0.953 bits per heavy atom. The van der Waals surface area contributed by atoms with E-state index in [1.165, 1.54) is 18.2 Å². The molecule has 0 aromatic heterocycles. The van der Waals surface area contributed by atoms with Gasteiger partial charge < -0.3 is 19.9 Å². The van der Waals surface area contributed by atoms with Crippen LogP contribution in [0.15, 0.2) is 87.8 Å². The van der Waals surface area contributed by atoms with E-state index in [0.29, 0.717) is 5.56 Å². The summed E-state index contributed by atoms with van der Waals surface area (Å²) in [5, 5.41) is 10.2. The molecule has 8 nitrogen and oxygen atoms in total. The van der Waals surface area contributed by atoms with Crippen LogP contribution in [0, 0.1) is 23.0 Å². The van der Waals surface area contributed by atoms with Gasteiger partial charge in [0.2, 0.25) is 0 Å². The molecule has 3 aromatic carbocycles. The summed E-state index contributed by atoms with van der Waals surface area (Å²) in [5.41, 5.74) is 3.94. The van der Waals surface area contributed by atoms with Gasteiger partial charge in [0.15, 0.2) is 23.1 Å². The Labute approximate surface area is 249 Å². The average molecular weight is 664 g/mol. The van der Waals surface area contributed by atoms with E-state index < -0.39 is 58.4 Å². The molecular weight excluding hydrogens is 645 g/mol. The van der Waals surface area contributed by atoms with Crippen LogP contribution in [0.1, 0.15) is 17.0 Å². The number of nitriles is 1. The summed E-state index contributed by atoms with van der Waals surface area (Å²) in [7, 11) is 2.07. The topological polar surface area (TPSA) is 115 Å². The summed E-state index contributed by atoms with van der Waals surface area (Å²) in [6.45, 7) is 0. The Bertz CT molecular complexity index is 1690. The highest BCUT2D eigenvalue weighted by Crippen LogP contribution is 2.48. The SMILES string of the molecule is COC(=O)C1=C(C(=O)OC)N(c2cccc(Br)c2Oc2c(F)cc(C(F)(F)F)cc2F)C(N)=C(C#N)C1c1ccccc1. The van der Waals surface area contributed by atoms with Gasteiger partial charge in [0.1, 0.15) is 11.5 Å². The molecule has 1 unspecified atom stereocenters. The Kier molecular flexibility index (Phi) is 8.77. The number of carbonyl (C=O) groups excluding carboxylic acids is 2. The van der Waals surface area contributed by atoms with Gasteiger partial charge >= 0.3 is 18.1 Å². The summed E-state index contributed by atoms with van der Waals surface area (Å²) in [5.74, 6) is -8.75. The maximum atomic E-state index is 14.8. The Hall–Kier alpha value is -4.90. The molecule has 0 aliphatic carbocycles. The number of benzene rings is 3. The first-order chi connectivity index (χ1) is 20.3. The van der Waals surface area contributed by atoms with Crippen LogP contribution in [-0.2, 0) is 25.2 Å². The average Bonchev–Trinajstić information content (AvgIpc) is 2.98. The van der Waals surface area contributed by atoms with Crippen molar-refractivity contribution in [2.75, 3.05) is 19.1 Å². The summed E-state index contributed by atoms with van der Waals surface area (Å²) >= 11 is 3.18. The minimum atomic E-state index is -5.04. The van der Waals surface area contributed by atoms with Crippen LogP contribution >= 0.6 is 15.9 Å². The molecule has 1 atom stereocenters. The van der Waals surface area contributed by atoms with Gasteiger partial charge in [0, 0.05) is 0 Å². The molecule has 0 bridgehead atoms. The fourth-order valence-electron chi connectivity index (χ4n) is 4.46. The normalized spacial score (nSPS) is 15.2. The predicted octanol–water partition coefficient (Wildman–Crippen LogP) is 6.44. The first kappa shape index (κ1) is 31.0. The molecule has 0 saturated heterocycles. The zero-order valence-corrected chi connectivity index (χ0v) is 23.7. The third-order valence-electron chi connectivity index (χ3n) is 6.33. The molecule has 2 N–H and O–H groups in total. The van der Waals surface area contributed by atoms with Gasteiger partial charge in [-0.25, -0.2) is 18.4 Å². The molecule has 0 fully saturated rings. The van der Waals surface area contributed by atoms with Gasteiger partial charge in [-0.1, -0.05) is 36.4 Å². The van der Waals surface area contributed by atoms with E-state index in [1.54, 1.807) is 30.3 Å². The predicted molar refractivity (Wildman–Crippen MR) is 145 cm³/mol. The number of esters is 2. The van der Waals surface area contributed by atoms with E-state index >= 15 is 0 Å². The van der Waals surface area contributed by atoms with E-state index in [0.717, 1.165) is 19.1 Å². The van der Waals surface area contributed by atoms with Crippen molar-refractivity contribution in [1.29, 1.82) is 5.26 Å². The lowest BCUT2D eigenvalue weighted by Crippen LogP contribution is -2.41. The Balaban J connectivity index is 2.03. The van der Waals surface area contributed by atoms with Crippen molar-refractivity contribution in [1.82, 2.24) is 0 Å². The quantitative estimate of drug-likeness (QED) is 0.237. The molecule has 3 aromatic rings. The highest BCUT2D eigenvalue weighted by Gasteiger charge is 2.44. The number of ether oxygens (including phenoxy) is 3. The summed E-state index contributed by atoms with van der Waals surface area (Å²) in [6.07, 6.45) is -5.04. The van der Waals surface area contributed by atoms with Crippen LogP contribution in [0.25, 0.3) is 0 Å². The van der Waals surface area contributed by atoms with E-state index in [2.05, 4.69) is 15.9 Å². The van der Waals surface area contributed by atoms with Crippen LogP contribution in [0.4, 0.5) is 27.6 Å². The first-order valence-electron chi connectivity index (χ1n) is 12.0. The lowest BCUT2D eigenvalue weighted by molar-refractivity contribution is -0.139.